The summed E-state index contributed by atoms with van der Waals surface area (Å²) in [7, 11) is 1.84. The Labute approximate surface area is 120 Å². The minimum Gasteiger partial charge on any atom is -0.483 e. The highest BCUT2D eigenvalue weighted by Crippen LogP contribution is 2.24. The number of ether oxygens (including phenoxy) is 1. The molecule has 0 atom stereocenters. The van der Waals surface area contributed by atoms with Crippen molar-refractivity contribution >= 4 is 17.2 Å². The Morgan fingerprint density at radius 3 is 2.86 bits per heavy atom. The van der Waals surface area contributed by atoms with Gasteiger partial charge in [-0.2, -0.15) is 5.10 Å². The summed E-state index contributed by atoms with van der Waals surface area (Å²) in [6.07, 6.45) is 0.578. The third-order valence-electron chi connectivity index (χ3n) is 3.31. The molecule has 0 aliphatic heterocycles. The van der Waals surface area contributed by atoms with Gasteiger partial charge in [0.05, 0.1) is 11.1 Å². The maximum atomic E-state index is 13.7. The smallest absolute Gasteiger partial charge is 0.166 e. The third-order valence-corrected chi connectivity index (χ3v) is 3.31. The van der Waals surface area contributed by atoms with Gasteiger partial charge in [-0.25, -0.2) is 4.39 Å². The molecule has 3 rings (SSSR count). The molecule has 0 bridgehead atoms. The lowest BCUT2D eigenvalue weighted by molar-refractivity contribution is 0.111. The zero-order chi connectivity index (χ0) is 14.8. The first-order chi connectivity index (χ1) is 10.2. The molecule has 21 heavy (non-hydrogen) atoms. The monoisotopic (exact) mass is 284 g/mol. The van der Waals surface area contributed by atoms with Crippen LogP contribution < -0.4 is 4.74 Å². The van der Waals surface area contributed by atoms with Crippen LogP contribution in [0.4, 0.5) is 4.39 Å². The fourth-order valence-electron chi connectivity index (χ4n) is 2.31. The van der Waals surface area contributed by atoms with Gasteiger partial charge in [-0.3, -0.25) is 9.48 Å². The molecule has 0 spiro atoms. The van der Waals surface area contributed by atoms with Crippen LogP contribution in [0, 0.1) is 5.82 Å². The number of rotatable bonds is 4. The number of halogens is 1. The number of aromatic nitrogens is 2. The SMILES string of the molecule is Cn1nc(COc2c(F)cccc2C=O)c2ccccc21. The molecule has 0 aliphatic rings. The predicted molar refractivity (Wildman–Crippen MR) is 76.8 cm³/mol. The Bertz CT molecular complexity index is 811. The van der Waals surface area contributed by atoms with Crippen molar-refractivity contribution < 1.29 is 13.9 Å². The molecule has 0 saturated heterocycles. The summed E-state index contributed by atoms with van der Waals surface area (Å²) in [5, 5.41) is 5.32. The number of hydrogen-bond donors (Lipinski definition) is 0. The van der Waals surface area contributed by atoms with E-state index in [1.165, 1.54) is 18.2 Å². The first-order valence-electron chi connectivity index (χ1n) is 6.48. The molecule has 1 heterocycles. The van der Waals surface area contributed by atoms with Crippen molar-refractivity contribution in [2.75, 3.05) is 0 Å². The zero-order valence-corrected chi connectivity index (χ0v) is 11.4. The van der Waals surface area contributed by atoms with Crippen LogP contribution in [0.25, 0.3) is 10.9 Å². The Morgan fingerprint density at radius 2 is 2.05 bits per heavy atom. The lowest BCUT2D eigenvalue weighted by Crippen LogP contribution is -2.02. The molecule has 0 N–H and O–H groups in total. The van der Waals surface area contributed by atoms with E-state index in [0.29, 0.717) is 12.0 Å². The van der Waals surface area contributed by atoms with E-state index in [1.54, 1.807) is 4.68 Å². The predicted octanol–water partition coefficient (Wildman–Crippen LogP) is 3.10. The van der Waals surface area contributed by atoms with E-state index in [4.69, 9.17) is 4.74 Å². The lowest BCUT2D eigenvalue weighted by atomic mass is 10.2. The minimum absolute atomic E-state index is 0.0396. The van der Waals surface area contributed by atoms with Crippen LogP contribution in [0.2, 0.25) is 0 Å². The van der Waals surface area contributed by atoms with Crippen molar-refractivity contribution in [3.05, 3.63) is 59.5 Å². The summed E-state index contributed by atoms with van der Waals surface area (Å²) in [5.41, 5.74) is 1.86. The van der Waals surface area contributed by atoms with Crippen LogP contribution in [0.5, 0.6) is 5.75 Å². The van der Waals surface area contributed by atoms with Gasteiger partial charge in [0.25, 0.3) is 0 Å². The molecule has 0 radical (unpaired) electrons. The summed E-state index contributed by atoms with van der Waals surface area (Å²) < 4.78 is 21.0. The number of fused-ring (bicyclic) bond motifs is 1. The Hall–Kier alpha value is -2.69. The van der Waals surface area contributed by atoms with Crippen molar-refractivity contribution in [1.29, 1.82) is 0 Å². The Balaban J connectivity index is 1.93. The summed E-state index contributed by atoms with van der Waals surface area (Å²) >= 11 is 0. The fraction of sp³-hybridized carbons (Fsp3) is 0.125. The molecule has 0 fully saturated rings. The van der Waals surface area contributed by atoms with Gasteiger partial charge in [0.15, 0.2) is 17.9 Å². The zero-order valence-electron chi connectivity index (χ0n) is 11.4. The average molecular weight is 284 g/mol. The van der Waals surface area contributed by atoms with E-state index in [0.717, 1.165) is 10.9 Å². The number of aryl methyl sites for hydroxylation is 1. The summed E-state index contributed by atoms with van der Waals surface area (Å²) in [6.45, 7) is 0.100. The fourth-order valence-corrected chi connectivity index (χ4v) is 2.31. The first kappa shape index (κ1) is 13.3. The molecule has 0 amide bonds. The number of hydrogen-bond acceptors (Lipinski definition) is 3. The number of benzene rings is 2. The molecule has 4 nitrogen and oxygen atoms in total. The average Bonchev–Trinajstić information content (AvgIpc) is 2.83. The molecule has 0 saturated carbocycles. The normalized spacial score (nSPS) is 10.8. The highest BCUT2D eigenvalue weighted by atomic mass is 19.1. The molecule has 2 aromatic carbocycles. The second-order valence-corrected chi connectivity index (χ2v) is 4.65. The Morgan fingerprint density at radius 1 is 1.24 bits per heavy atom. The third kappa shape index (κ3) is 2.38. The van der Waals surface area contributed by atoms with Gasteiger partial charge < -0.3 is 4.74 Å². The molecule has 3 aromatic rings. The van der Waals surface area contributed by atoms with E-state index in [-0.39, 0.29) is 17.9 Å². The van der Waals surface area contributed by atoms with Gasteiger partial charge in [0.1, 0.15) is 12.3 Å². The van der Waals surface area contributed by atoms with Crippen LogP contribution >= 0.6 is 0 Å². The quantitative estimate of drug-likeness (QED) is 0.691. The van der Waals surface area contributed by atoms with Crippen LogP contribution in [-0.2, 0) is 13.7 Å². The van der Waals surface area contributed by atoms with Crippen LogP contribution in [0.1, 0.15) is 16.1 Å². The number of aldehydes is 1. The van der Waals surface area contributed by atoms with Crippen LogP contribution in [-0.4, -0.2) is 16.1 Å². The van der Waals surface area contributed by atoms with E-state index < -0.39 is 5.82 Å². The number of carbonyl (C=O) groups excluding carboxylic acids is 1. The van der Waals surface area contributed by atoms with Gasteiger partial charge in [-0.15, -0.1) is 0 Å². The first-order valence-corrected chi connectivity index (χ1v) is 6.48. The highest BCUT2D eigenvalue weighted by molar-refractivity contribution is 5.82. The summed E-state index contributed by atoms with van der Waals surface area (Å²) in [5.74, 6) is -0.595. The molecule has 1 aromatic heterocycles. The van der Waals surface area contributed by atoms with Gasteiger partial charge in [0.2, 0.25) is 0 Å². The van der Waals surface area contributed by atoms with Gasteiger partial charge in [-0.1, -0.05) is 24.3 Å². The molecule has 0 unspecified atom stereocenters. The van der Waals surface area contributed by atoms with Crippen molar-refractivity contribution in [2.45, 2.75) is 6.61 Å². The Kier molecular flexibility index (Phi) is 3.39. The van der Waals surface area contributed by atoms with Crippen LogP contribution in [0.15, 0.2) is 42.5 Å². The van der Waals surface area contributed by atoms with Crippen molar-refractivity contribution in [2.24, 2.45) is 7.05 Å². The van der Waals surface area contributed by atoms with Crippen molar-refractivity contribution in [1.82, 2.24) is 9.78 Å². The largest absolute Gasteiger partial charge is 0.483 e. The van der Waals surface area contributed by atoms with E-state index in [1.807, 2.05) is 31.3 Å². The minimum atomic E-state index is -0.556. The maximum absolute atomic E-state index is 13.7. The lowest BCUT2D eigenvalue weighted by Gasteiger charge is -2.08. The molecular weight excluding hydrogens is 271 g/mol. The van der Waals surface area contributed by atoms with Crippen LogP contribution in [0.3, 0.4) is 0 Å². The number of carbonyl (C=O) groups is 1. The molecule has 0 aliphatic carbocycles. The van der Waals surface area contributed by atoms with Crippen molar-refractivity contribution in [3.8, 4) is 5.75 Å². The highest BCUT2D eigenvalue weighted by Gasteiger charge is 2.12. The van der Waals surface area contributed by atoms with E-state index in [9.17, 15) is 9.18 Å². The standard InChI is InChI=1S/C16H13FN2O2/c1-19-15-8-3-2-6-12(15)14(18-19)10-21-16-11(9-20)5-4-7-13(16)17/h2-9H,10H2,1H3. The number of para-hydroxylation sites is 2. The second-order valence-electron chi connectivity index (χ2n) is 4.65. The number of nitrogens with zero attached hydrogens (tertiary/aromatic N) is 2. The van der Waals surface area contributed by atoms with Crippen molar-refractivity contribution in [3.63, 3.8) is 0 Å². The molecule has 5 heteroatoms. The maximum Gasteiger partial charge on any atom is 0.166 e. The summed E-state index contributed by atoms with van der Waals surface area (Å²) in [6, 6.07) is 12.0. The molecule has 106 valence electrons. The van der Waals surface area contributed by atoms with E-state index in [2.05, 4.69) is 5.10 Å². The van der Waals surface area contributed by atoms with Gasteiger partial charge in [-0.05, 0) is 18.2 Å². The molecular formula is C16H13FN2O2. The second kappa shape index (κ2) is 5.36. The van der Waals surface area contributed by atoms with E-state index >= 15 is 0 Å². The van der Waals surface area contributed by atoms with Gasteiger partial charge in [0, 0.05) is 12.4 Å². The topological polar surface area (TPSA) is 44.1 Å². The van der Waals surface area contributed by atoms with Gasteiger partial charge >= 0.3 is 0 Å². The summed E-state index contributed by atoms with van der Waals surface area (Å²) in [4.78, 5) is 10.9.